The SMILES string of the molecule is CC[C@H](C)[C@@H]([C@@H](CC(=O)N1CCC[C@H]1[C@H](OC)[C@@H](C)C(=O)N[C@@H](Cc1ccccc1)C(=O)COCc1ccc(NC(=O)[C@@H](C)CC(=O)[C@H](NC(=O)CCCC(=O)ON2C(=O)CCC2=O)C(C)C)cc1)OC)N(C)C(=O)[C@@H](CC(=O)[C@H](C(C)C)N(C)C)C(C)C. The number of methoxy groups -OCH3 is 2. The molecule has 11 atom stereocenters. The number of benzene rings is 2. The highest BCUT2D eigenvalue weighted by atomic mass is 16.7. The number of anilines is 1. The van der Waals surface area contributed by atoms with Crippen LogP contribution >= 0.6 is 0 Å². The molecular formula is C67H101N7O15. The van der Waals surface area contributed by atoms with Crippen molar-refractivity contribution in [1.82, 2.24) is 30.4 Å². The number of hydrogen-bond donors (Lipinski definition) is 3. The molecule has 2 aliphatic heterocycles. The van der Waals surface area contributed by atoms with E-state index >= 15 is 0 Å². The third-order valence-corrected chi connectivity index (χ3v) is 17.3. The maximum Gasteiger partial charge on any atom is 0.333 e. The molecule has 22 heteroatoms. The van der Waals surface area contributed by atoms with E-state index in [1.165, 1.54) is 7.11 Å². The smallest absolute Gasteiger partial charge is 0.333 e. The summed E-state index contributed by atoms with van der Waals surface area (Å²) in [6, 6.07) is 12.9. The summed E-state index contributed by atoms with van der Waals surface area (Å²) in [4.78, 5) is 156. The van der Waals surface area contributed by atoms with E-state index in [-0.39, 0.29) is 130 Å². The molecule has 0 saturated carbocycles. The van der Waals surface area contributed by atoms with Crippen LogP contribution in [0.15, 0.2) is 54.6 Å². The number of rotatable bonds is 38. The number of hydroxylamine groups is 2. The predicted molar refractivity (Wildman–Crippen MR) is 335 cm³/mol. The molecule has 2 aromatic rings. The van der Waals surface area contributed by atoms with Crippen molar-refractivity contribution in [2.75, 3.05) is 53.8 Å². The Balaban J connectivity index is 1.35. The molecule has 0 aliphatic carbocycles. The fourth-order valence-electron chi connectivity index (χ4n) is 12.1. The van der Waals surface area contributed by atoms with Crippen molar-refractivity contribution in [3.8, 4) is 0 Å². The first-order valence-corrected chi connectivity index (χ1v) is 31.6. The van der Waals surface area contributed by atoms with Gasteiger partial charge >= 0.3 is 5.97 Å². The molecule has 2 heterocycles. The lowest BCUT2D eigenvalue weighted by Gasteiger charge is -2.41. The maximum absolute atomic E-state index is 14.6. The minimum Gasteiger partial charge on any atom is -0.379 e. The van der Waals surface area contributed by atoms with Crippen LogP contribution in [0.25, 0.3) is 0 Å². The highest BCUT2D eigenvalue weighted by Crippen LogP contribution is 2.32. The first-order valence-electron chi connectivity index (χ1n) is 31.6. The topological polar surface area (TPSA) is 274 Å². The lowest BCUT2D eigenvalue weighted by Crippen LogP contribution is -2.55. The highest BCUT2D eigenvalue weighted by molar-refractivity contribution is 6.02. The second-order valence-corrected chi connectivity index (χ2v) is 25.4. The molecule has 7 amide bonds. The monoisotopic (exact) mass is 1240 g/mol. The summed E-state index contributed by atoms with van der Waals surface area (Å²) < 4.78 is 18.1. The molecule has 0 radical (unpaired) electrons. The molecular weight excluding hydrogens is 1140 g/mol. The van der Waals surface area contributed by atoms with Crippen LogP contribution < -0.4 is 16.0 Å². The Labute approximate surface area is 526 Å². The van der Waals surface area contributed by atoms with Gasteiger partial charge in [-0.1, -0.05) is 118 Å². The van der Waals surface area contributed by atoms with Crippen LogP contribution in [0.3, 0.4) is 0 Å². The van der Waals surface area contributed by atoms with Gasteiger partial charge in [-0.2, -0.15) is 0 Å². The number of nitrogens with one attached hydrogen (secondary N) is 3. The van der Waals surface area contributed by atoms with Crippen LogP contribution in [0.5, 0.6) is 0 Å². The van der Waals surface area contributed by atoms with Gasteiger partial charge in [0.25, 0.3) is 11.8 Å². The third-order valence-electron chi connectivity index (χ3n) is 17.3. The number of ketones is 3. The number of nitrogens with zero attached hydrogens (tertiary/aromatic N) is 4. The Kier molecular flexibility index (Phi) is 30.4. The van der Waals surface area contributed by atoms with Crippen molar-refractivity contribution < 1.29 is 71.8 Å². The first-order chi connectivity index (χ1) is 42.0. The van der Waals surface area contributed by atoms with Crippen molar-refractivity contribution in [2.45, 2.75) is 195 Å². The Bertz CT molecular complexity index is 2700. The van der Waals surface area contributed by atoms with Gasteiger partial charge in [-0.05, 0) is 86.7 Å². The zero-order chi connectivity index (χ0) is 66.4. The van der Waals surface area contributed by atoms with Gasteiger partial charge in [0.2, 0.25) is 29.5 Å². The second-order valence-electron chi connectivity index (χ2n) is 25.4. The summed E-state index contributed by atoms with van der Waals surface area (Å²) in [5.74, 6) is -7.06. The number of carbonyl (C=O) groups is 11. The largest absolute Gasteiger partial charge is 0.379 e. The van der Waals surface area contributed by atoms with Gasteiger partial charge in [0.15, 0.2) is 17.3 Å². The number of carbonyl (C=O) groups excluding carboxylic acids is 11. The Morgan fingerprint density at radius 2 is 1.34 bits per heavy atom. The summed E-state index contributed by atoms with van der Waals surface area (Å²) in [5, 5.41) is 8.95. The zero-order valence-corrected chi connectivity index (χ0v) is 55.3. The standard InChI is InChI=1S/C67H101N7O15/c1-16-43(8)63(72(13)67(85)49(40(2)3)36-53(76)62(42(6)7)71(11)12)55(86-14)37-59(81)73-33-21-24-51(73)64(87-15)45(10)66(84)69-50(35-46-22-18-17-19-23-46)54(77)39-88-38-47-27-29-48(30-28-47)68-65(83)44(9)34-52(75)61(41(4)5)70-56(78)25-20-26-60(82)89-74-57(79)31-32-58(74)80/h17-19,22-23,27-30,40-45,49-51,55,61-64H,16,20-21,24-26,31-39H2,1-15H3,(H,68,83)(H,69,84)(H,70,78)/t43-,44-,45+,49-,50-,51-,55+,61+,62-,63-,64+/m0/s1. The van der Waals surface area contributed by atoms with Crippen molar-refractivity contribution in [2.24, 2.45) is 41.4 Å². The van der Waals surface area contributed by atoms with Gasteiger partial charge in [-0.25, -0.2) is 4.79 Å². The van der Waals surface area contributed by atoms with E-state index in [2.05, 4.69) is 16.0 Å². The van der Waals surface area contributed by atoms with Gasteiger partial charge in [-0.15, -0.1) is 5.06 Å². The molecule has 0 unspecified atom stereocenters. The molecule has 2 aliphatic rings. The minimum absolute atomic E-state index is 0.0115. The number of likely N-dealkylation sites (tertiary alicyclic amines) is 1. The fourth-order valence-corrected chi connectivity index (χ4v) is 12.1. The summed E-state index contributed by atoms with van der Waals surface area (Å²) in [6.45, 7) is 18.9. The van der Waals surface area contributed by atoms with Crippen molar-refractivity contribution in [1.29, 1.82) is 0 Å². The fraction of sp³-hybridized carbons (Fsp3) is 0.657. The van der Waals surface area contributed by atoms with Gasteiger partial charge < -0.3 is 44.8 Å². The molecule has 3 N–H and O–H groups in total. The number of amides is 7. The van der Waals surface area contributed by atoms with Crippen LogP contribution in [-0.4, -0.2) is 175 Å². The summed E-state index contributed by atoms with van der Waals surface area (Å²) in [5.41, 5.74) is 1.95. The van der Waals surface area contributed by atoms with Gasteiger partial charge in [0, 0.05) is 83.9 Å². The average molecular weight is 1240 g/mol. The number of imide groups is 1. The van der Waals surface area contributed by atoms with Gasteiger partial charge in [0.1, 0.15) is 6.61 Å². The van der Waals surface area contributed by atoms with Gasteiger partial charge in [-0.3, -0.25) is 52.8 Å². The molecule has 4 rings (SSSR count). The molecule has 2 aromatic carbocycles. The highest BCUT2D eigenvalue weighted by Gasteiger charge is 2.44. The van der Waals surface area contributed by atoms with E-state index in [1.807, 2.05) is 90.9 Å². The molecule has 22 nitrogen and oxygen atoms in total. The van der Waals surface area contributed by atoms with E-state index in [9.17, 15) is 52.7 Å². The Morgan fingerprint density at radius 1 is 0.697 bits per heavy atom. The molecule has 2 fully saturated rings. The lowest BCUT2D eigenvalue weighted by molar-refractivity contribution is -0.197. The van der Waals surface area contributed by atoms with E-state index in [0.717, 1.165) is 5.56 Å². The van der Waals surface area contributed by atoms with Gasteiger partial charge in [0.05, 0.1) is 61.4 Å². The van der Waals surface area contributed by atoms with Crippen LogP contribution in [0, 0.1) is 41.4 Å². The Hall–Kier alpha value is -6.75. The zero-order valence-electron chi connectivity index (χ0n) is 55.3. The molecule has 2 saturated heterocycles. The molecule has 89 heavy (non-hydrogen) atoms. The van der Waals surface area contributed by atoms with Crippen molar-refractivity contribution in [3.63, 3.8) is 0 Å². The first kappa shape index (κ1) is 74.7. The van der Waals surface area contributed by atoms with E-state index < -0.39 is 89.6 Å². The number of ether oxygens (including phenoxy) is 3. The van der Waals surface area contributed by atoms with Crippen molar-refractivity contribution in [3.05, 3.63) is 65.7 Å². The molecule has 0 bridgehead atoms. The van der Waals surface area contributed by atoms with Crippen LogP contribution in [0.1, 0.15) is 151 Å². The van der Waals surface area contributed by atoms with Crippen LogP contribution in [0.4, 0.5) is 5.69 Å². The van der Waals surface area contributed by atoms with E-state index in [4.69, 9.17) is 19.0 Å². The average Bonchev–Trinajstić information content (AvgIpc) is 3.15. The number of hydrogen-bond acceptors (Lipinski definition) is 16. The molecule has 0 spiro atoms. The van der Waals surface area contributed by atoms with Crippen molar-refractivity contribution >= 4 is 70.4 Å². The molecule has 0 aromatic heterocycles. The van der Waals surface area contributed by atoms with Crippen LogP contribution in [0.2, 0.25) is 0 Å². The predicted octanol–water partition coefficient (Wildman–Crippen LogP) is 6.69. The third kappa shape index (κ3) is 22.0. The van der Waals surface area contributed by atoms with E-state index in [1.54, 1.807) is 75.9 Å². The maximum atomic E-state index is 14.6. The number of Topliss-reactive ketones (excluding diaryl/α,β-unsaturated/α-hetero) is 3. The van der Waals surface area contributed by atoms with E-state index in [0.29, 0.717) is 42.1 Å². The normalized spacial score (nSPS) is 17.8. The summed E-state index contributed by atoms with van der Waals surface area (Å²) in [7, 11) is 8.55. The Morgan fingerprint density at radius 3 is 1.90 bits per heavy atom. The summed E-state index contributed by atoms with van der Waals surface area (Å²) >= 11 is 0. The molecule has 494 valence electrons. The van der Waals surface area contributed by atoms with Crippen LogP contribution in [-0.2, 0) is 84.8 Å². The number of likely N-dealkylation sites (N-methyl/N-ethyl adjacent to an activating group) is 2. The minimum atomic E-state index is -0.978. The quantitative estimate of drug-likeness (QED) is 0.0591. The second kappa shape index (κ2) is 36.2. The lowest BCUT2D eigenvalue weighted by atomic mass is 9.83. The summed E-state index contributed by atoms with van der Waals surface area (Å²) in [6.07, 6.45) is 0.215.